The summed E-state index contributed by atoms with van der Waals surface area (Å²) in [7, 11) is 1.47. The van der Waals surface area contributed by atoms with Crippen LogP contribution in [0.5, 0.6) is 11.5 Å². The van der Waals surface area contributed by atoms with Gasteiger partial charge in [-0.1, -0.05) is 39.7 Å². The Kier molecular flexibility index (Phi) is 8.39. The summed E-state index contributed by atoms with van der Waals surface area (Å²) in [6, 6.07) is 15.6. The van der Waals surface area contributed by atoms with Crippen LogP contribution < -0.4 is 20.2 Å². The Morgan fingerprint density at radius 2 is 1.88 bits per heavy atom. The minimum Gasteiger partial charge on any atom is -0.496 e. The molecule has 0 fully saturated rings. The summed E-state index contributed by atoms with van der Waals surface area (Å²) in [6.45, 7) is -0.355. The maximum atomic E-state index is 13.6. The van der Waals surface area contributed by atoms with Gasteiger partial charge in [-0.3, -0.25) is 9.59 Å². The second kappa shape index (κ2) is 11.4. The van der Waals surface area contributed by atoms with Crippen molar-refractivity contribution in [3.63, 3.8) is 0 Å². The second-order valence-electron chi connectivity index (χ2n) is 6.55. The lowest BCUT2D eigenvalue weighted by Gasteiger charge is -2.10. The monoisotopic (exact) mass is 533 g/mol. The zero-order valence-corrected chi connectivity index (χ0v) is 19.6. The van der Waals surface area contributed by atoms with Crippen LogP contribution in [0.3, 0.4) is 0 Å². The van der Waals surface area contributed by atoms with Crippen molar-refractivity contribution in [3.8, 4) is 11.5 Å². The molecule has 0 aliphatic heterocycles. The number of nitrogens with zero attached hydrogens (tertiary/aromatic N) is 1. The normalized spacial score (nSPS) is 10.7. The molecule has 0 radical (unpaired) electrons. The minimum absolute atomic E-state index is 0.0614. The lowest BCUT2D eigenvalue weighted by molar-refractivity contribution is -0.118. The third-order valence-corrected chi connectivity index (χ3v) is 5.04. The molecule has 0 aromatic heterocycles. The average Bonchev–Trinajstić information content (AvgIpc) is 2.80. The van der Waals surface area contributed by atoms with Crippen LogP contribution in [0.15, 0.2) is 70.2 Å². The van der Waals surface area contributed by atoms with Crippen molar-refractivity contribution in [3.05, 3.63) is 87.1 Å². The molecule has 0 atom stereocenters. The van der Waals surface area contributed by atoms with E-state index in [-0.39, 0.29) is 23.1 Å². The van der Waals surface area contributed by atoms with Crippen molar-refractivity contribution in [2.45, 2.75) is 0 Å². The van der Waals surface area contributed by atoms with Gasteiger partial charge in [0.05, 0.1) is 29.6 Å². The first-order chi connectivity index (χ1) is 15.9. The summed E-state index contributed by atoms with van der Waals surface area (Å²) in [5, 5.41) is 6.58. The number of hydrogen-bond donors (Lipinski definition) is 2. The molecule has 10 heteroatoms. The Hall–Kier alpha value is -3.43. The molecule has 0 saturated heterocycles. The maximum absolute atomic E-state index is 13.6. The predicted octanol–water partition coefficient (Wildman–Crippen LogP) is 5.03. The van der Waals surface area contributed by atoms with Gasteiger partial charge in [-0.05, 0) is 54.1 Å². The topological polar surface area (TPSA) is 89.0 Å². The van der Waals surface area contributed by atoms with E-state index >= 15 is 0 Å². The molecule has 2 N–H and O–H groups in total. The van der Waals surface area contributed by atoms with Crippen LogP contribution in [0.25, 0.3) is 0 Å². The van der Waals surface area contributed by atoms with Gasteiger partial charge in [-0.25, -0.2) is 9.82 Å². The number of carbonyl (C=O) groups is 2. The van der Waals surface area contributed by atoms with Gasteiger partial charge >= 0.3 is 0 Å². The quantitative estimate of drug-likeness (QED) is 0.313. The summed E-state index contributed by atoms with van der Waals surface area (Å²) in [4.78, 5) is 24.3. The molecular weight excluding hydrogens is 517 g/mol. The average molecular weight is 535 g/mol. The first kappa shape index (κ1) is 24.2. The van der Waals surface area contributed by atoms with Crippen LogP contribution in [-0.4, -0.2) is 31.7 Å². The van der Waals surface area contributed by atoms with E-state index in [4.69, 9.17) is 21.1 Å². The fourth-order valence-corrected chi connectivity index (χ4v) is 3.29. The summed E-state index contributed by atoms with van der Waals surface area (Å²) in [5.41, 5.74) is 3.39. The SMILES string of the molecule is COc1ccc(Br)cc1C(=O)N/N=C\c1ccc(OCC(=O)Nc2ccccc2F)c(Cl)c1. The molecule has 2 amide bonds. The highest BCUT2D eigenvalue weighted by molar-refractivity contribution is 9.10. The molecule has 7 nitrogen and oxygen atoms in total. The number of nitrogens with one attached hydrogen (secondary N) is 2. The standard InChI is InChI=1S/C23H18BrClFN3O4/c1-32-20-9-7-15(24)11-16(20)23(31)29-27-12-14-6-8-21(17(25)10-14)33-13-22(30)28-19-5-3-2-4-18(19)26/h2-12H,13H2,1H3,(H,28,30)(H,29,31)/b27-12-. The minimum atomic E-state index is -0.544. The molecule has 0 heterocycles. The van der Waals surface area contributed by atoms with Gasteiger partial charge in [0.25, 0.3) is 11.8 Å². The molecule has 3 rings (SSSR count). The molecule has 33 heavy (non-hydrogen) atoms. The van der Waals surface area contributed by atoms with E-state index in [1.807, 2.05) is 0 Å². The Labute approximate surface area is 202 Å². The van der Waals surface area contributed by atoms with Gasteiger partial charge in [0.15, 0.2) is 6.61 Å². The number of amides is 2. The molecule has 0 bridgehead atoms. The van der Waals surface area contributed by atoms with Crippen molar-refractivity contribution in [2.24, 2.45) is 5.10 Å². The lowest BCUT2D eigenvalue weighted by atomic mass is 10.2. The Bertz CT molecular complexity index is 1210. The van der Waals surface area contributed by atoms with Gasteiger partial charge in [0.2, 0.25) is 0 Å². The smallest absolute Gasteiger partial charge is 0.275 e. The highest BCUT2D eigenvalue weighted by atomic mass is 79.9. The summed E-state index contributed by atoms with van der Waals surface area (Å²) < 4.78 is 24.9. The number of rotatable bonds is 8. The molecule has 3 aromatic carbocycles. The van der Waals surface area contributed by atoms with E-state index in [0.717, 1.165) is 4.47 Å². The number of carbonyl (C=O) groups excluding carboxylic acids is 2. The zero-order valence-electron chi connectivity index (χ0n) is 17.3. The van der Waals surface area contributed by atoms with E-state index in [1.54, 1.807) is 42.5 Å². The molecule has 170 valence electrons. The molecule has 0 aliphatic carbocycles. The number of methoxy groups -OCH3 is 1. The second-order valence-corrected chi connectivity index (χ2v) is 7.87. The molecule has 0 saturated carbocycles. The van der Waals surface area contributed by atoms with Gasteiger partial charge in [-0.2, -0.15) is 5.10 Å². The zero-order chi connectivity index (χ0) is 23.8. The Morgan fingerprint density at radius 1 is 1.12 bits per heavy atom. The third kappa shape index (κ3) is 6.77. The van der Waals surface area contributed by atoms with E-state index in [0.29, 0.717) is 16.9 Å². The van der Waals surface area contributed by atoms with Crippen LogP contribution in [0.4, 0.5) is 10.1 Å². The van der Waals surface area contributed by atoms with Crippen molar-refractivity contribution >= 4 is 51.2 Å². The number of hydrazone groups is 1. The molecule has 0 unspecified atom stereocenters. The number of ether oxygens (including phenoxy) is 2. The molecular formula is C23H18BrClFN3O4. The molecule has 3 aromatic rings. The van der Waals surface area contributed by atoms with E-state index in [2.05, 4.69) is 31.8 Å². The first-order valence-corrected chi connectivity index (χ1v) is 10.7. The fraction of sp³-hybridized carbons (Fsp3) is 0.0870. The number of benzene rings is 3. The predicted molar refractivity (Wildman–Crippen MR) is 128 cm³/mol. The van der Waals surface area contributed by atoms with Crippen LogP contribution in [0.2, 0.25) is 5.02 Å². The summed E-state index contributed by atoms with van der Waals surface area (Å²) >= 11 is 9.52. The molecule has 0 aliphatic rings. The number of para-hydroxylation sites is 1. The van der Waals surface area contributed by atoms with Gasteiger partial charge in [-0.15, -0.1) is 0 Å². The van der Waals surface area contributed by atoms with Crippen LogP contribution in [0, 0.1) is 5.82 Å². The summed E-state index contributed by atoms with van der Waals surface area (Å²) in [5.74, 6) is -0.850. The lowest BCUT2D eigenvalue weighted by Crippen LogP contribution is -2.20. The first-order valence-electron chi connectivity index (χ1n) is 9.51. The van der Waals surface area contributed by atoms with E-state index in [1.165, 1.54) is 31.5 Å². The van der Waals surface area contributed by atoms with Crippen molar-refractivity contribution in [2.75, 3.05) is 19.0 Å². The fourth-order valence-electron chi connectivity index (χ4n) is 2.69. The van der Waals surface area contributed by atoms with Gasteiger partial charge in [0.1, 0.15) is 17.3 Å². The Balaban J connectivity index is 1.56. The number of anilines is 1. The van der Waals surface area contributed by atoms with Crippen molar-refractivity contribution < 1.29 is 23.5 Å². The molecule has 0 spiro atoms. The largest absolute Gasteiger partial charge is 0.496 e. The Morgan fingerprint density at radius 3 is 2.61 bits per heavy atom. The van der Waals surface area contributed by atoms with Crippen LogP contribution >= 0.6 is 27.5 Å². The number of hydrogen-bond acceptors (Lipinski definition) is 5. The van der Waals surface area contributed by atoms with Crippen LogP contribution in [0.1, 0.15) is 15.9 Å². The highest BCUT2D eigenvalue weighted by Gasteiger charge is 2.12. The summed E-state index contributed by atoms with van der Waals surface area (Å²) in [6.07, 6.45) is 1.41. The highest BCUT2D eigenvalue weighted by Crippen LogP contribution is 2.25. The van der Waals surface area contributed by atoms with E-state index < -0.39 is 17.6 Å². The third-order valence-electron chi connectivity index (χ3n) is 4.25. The van der Waals surface area contributed by atoms with Crippen LogP contribution in [-0.2, 0) is 4.79 Å². The maximum Gasteiger partial charge on any atom is 0.275 e. The van der Waals surface area contributed by atoms with Crippen molar-refractivity contribution in [1.29, 1.82) is 0 Å². The van der Waals surface area contributed by atoms with Gasteiger partial charge < -0.3 is 14.8 Å². The van der Waals surface area contributed by atoms with Crippen molar-refractivity contribution in [1.82, 2.24) is 5.43 Å². The van der Waals surface area contributed by atoms with E-state index in [9.17, 15) is 14.0 Å². The van der Waals surface area contributed by atoms with Gasteiger partial charge in [0, 0.05) is 4.47 Å². The number of halogens is 3.